The maximum atomic E-state index is 11.7. The van der Waals surface area contributed by atoms with Crippen LogP contribution in [0.2, 0.25) is 0 Å². The Morgan fingerprint density at radius 2 is 2.17 bits per heavy atom. The maximum Gasteiger partial charge on any atom is 0.271 e. The highest BCUT2D eigenvalue weighted by atomic mass is 16.1. The molecule has 0 aliphatic heterocycles. The van der Waals surface area contributed by atoms with Gasteiger partial charge in [-0.05, 0) is 20.9 Å². The molecule has 0 aliphatic carbocycles. The fourth-order valence-electron chi connectivity index (χ4n) is 1.21. The zero-order valence-corrected chi connectivity index (χ0v) is 11.0. The summed E-state index contributed by atoms with van der Waals surface area (Å²) in [5.41, 5.74) is 2.63. The Labute approximate surface area is 107 Å². The number of carbonyl (C=O) groups excluding carboxylic acids is 1. The van der Waals surface area contributed by atoms with E-state index in [1.54, 1.807) is 0 Å². The second kappa shape index (κ2) is 6.87. The molecule has 0 unspecified atom stereocenters. The van der Waals surface area contributed by atoms with Crippen LogP contribution in [0.1, 0.15) is 24.3 Å². The number of aromatic nitrogens is 2. The van der Waals surface area contributed by atoms with Gasteiger partial charge in [0.05, 0.1) is 12.4 Å². The average Bonchev–Trinajstić information content (AvgIpc) is 2.38. The smallest absolute Gasteiger partial charge is 0.271 e. The van der Waals surface area contributed by atoms with Crippen LogP contribution in [-0.2, 0) is 0 Å². The summed E-state index contributed by atoms with van der Waals surface area (Å²) in [6.45, 7) is 5.57. The third-order valence-electron chi connectivity index (χ3n) is 2.66. The third kappa shape index (κ3) is 4.27. The van der Waals surface area contributed by atoms with Crippen molar-refractivity contribution in [3.05, 3.63) is 18.1 Å². The summed E-state index contributed by atoms with van der Waals surface area (Å²) in [5.74, 6) is 5.35. The molecule has 1 amide bonds. The standard InChI is InChI=1S/C11H20N6O/c1-8(2)17(3)5-4-13-11(18)9-6-15-10(16-12)7-14-9/h6-8H,4-5,12H2,1-3H3,(H,13,18)(H,15,16). The van der Waals surface area contributed by atoms with Crippen molar-refractivity contribution in [2.24, 2.45) is 5.84 Å². The summed E-state index contributed by atoms with van der Waals surface area (Å²) in [7, 11) is 2.01. The van der Waals surface area contributed by atoms with E-state index < -0.39 is 0 Å². The van der Waals surface area contributed by atoms with E-state index in [9.17, 15) is 4.79 Å². The van der Waals surface area contributed by atoms with Crippen LogP contribution >= 0.6 is 0 Å². The second-order valence-corrected chi connectivity index (χ2v) is 4.26. The molecule has 0 fully saturated rings. The van der Waals surface area contributed by atoms with Crippen molar-refractivity contribution in [1.82, 2.24) is 20.2 Å². The molecule has 1 aromatic heterocycles. The maximum absolute atomic E-state index is 11.7. The van der Waals surface area contributed by atoms with Crippen LogP contribution in [0, 0.1) is 0 Å². The number of likely N-dealkylation sites (N-methyl/N-ethyl adjacent to an activating group) is 1. The molecule has 0 atom stereocenters. The number of anilines is 1. The Morgan fingerprint density at radius 1 is 1.44 bits per heavy atom. The van der Waals surface area contributed by atoms with Crippen LogP contribution in [0.25, 0.3) is 0 Å². The quantitative estimate of drug-likeness (QED) is 0.480. The molecule has 1 aromatic rings. The van der Waals surface area contributed by atoms with E-state index in [4.69, 9.17) is 5.84 Å². The minimum absolute atomic E-state index is 0.233. The Morgan fingerprint density at radius 3 is 2.67 bits per heavy atom. The SMILES string of the molecule is CC(C)N(C)CCNC(=O)c1cnc(NN)cn1. The van der Waals surface area contributed by atoms with E-state index in [2.05, 4.69) is 39.5 Å². The van der Waals surface area contributed by atoms with Crippen LogP contribution in [0.4, 0.5) is 5.82 Å². The van der Waals surface area contributed by atoms with Gasteiger partial charge in [0, 0.05) is 19.1 Å². The highest BCUT2D eigenvalue weighted by Gasteiger charge is 2.08. The molecule has 0 spiro atoms. The third-order valence-corrected chi connectivity index (χ3v) is 2.66. The van der Waals surface area contributed by atoms with Crippen molar-refractivity contribution >= 4 is 11.7 Å². The molecule has 100 valence electrons. The number of amides is 1. The minimum atomic E-state index is -0.233. The van der Waals surface area contributed by atoms with Gasteiger partial charge in [-0.3, -0.25) is 4.79 Å². The fourth-order valence-corrected chi connectivity index (χ4v) is 1.21. The number of nitrogens with two attached hydrogens (primary N) is 1. The van der Waals surface area contributed by atoms with Crippen molar-refractivity contribution in [3.8, 4) is 0 Å². The fraction of sp³-hybridized carbons (Fsp3) is 0.545. The normalized spacial score (nSPS) is 10.8. The van der Waals surface area contributed by atoms with E-state index in [0.29, 0.717) is 18.4 Å². The molecule has 1 heterocycles. The first-order valence-corrected chi connectivity index (χ1v) is 5.81. The van der Waals surface area contributed by atoms with Crippen molar-refractivity contribution in [3.63, 3.8) is 0 Å². The van der Waals surface area contributed by atoms with E-state index in [1.165, 1.54) is 12.4 Å². The van der Waals surface area contributed by atoms with Crippen LogP contribution in [0.3, 0.4) is 0 Å². The Hall–Kier alpha value is -1.73. The van der Waals surface area contributed by atoms with E-state index in [1.807, 2.05) is 7.05 Å². The van der Waals surface area contributed by atoms with Gasteiger partial charge in [-0.15, -0.1) is 0 Å². The number of nitrogens with one attached hydrogen (secondary N) is 2. The summed E-state index contributed by atoms with van der Waals surface area (Å²) in [5, 5.41) is 2.79. The molecule has 4 N–H and O–H groups in total. The van der Waals surface area contributed by atoms with Gasteiger partial charge in [0.1, 0.15) is 5.69 Å². The van der Waals surface area contributed by atoms with E-state index in [0.717, 1.165) is 6.54 Å². The number of carbonyl (C=O) groups is 1. The molecule has 0 saturated carbocycles. The highest BCUT2D eigenvalue weighted by Crippen LogP contribution is 1.98. The lowest BCUT2D eigenvalue weighted by molar-refractivity contribution is 0.0942. The topological polar surface area (TPSA) is 96.2 Å². The summed E-state index contributed by atoms with van der Waals surface area (Å²) < 4.78 is 0. The van der Waals surface area contributed by atoms with Crippen molar-refractivity contribution in [2.75, 3.05) is 25.6 Å². The predicted octanol–water partition coefficient (Wildman–Crippen LogP) is -0.168. The van der Waals surface area contributed by atoms with Crippen LogP contribution in [0.5, 0.6) is 0 Å². The van der Waals surface area contributed by atoms with Gasteiger partial charge in [0.25, 0.3) is 5.91 Å². The second-order valence-electron chi connectivity index (χ2n) is 4.26. The summed E-state index contributed by atoms with van der Waals surface area (Å²) in [4.78, 5) is 21.7. The average molecular weight is 252 g/mol. The molecule has 0 bridgehead atoms. The monoisotopic (exact) mass is 252 g/mol. The van der Waals surface area contributed by atoms with Crippen molar-refractivity contribution < 1.29 is 4.79 Å². The summed E-state index contributed by atoms with van der Waals surface area (Å²) in [6, 6.07) is 0.455. The van der Waals surface area contributed by atoms with Crippen LogP contribution in [0.15, 0.2) is 12.4 Å². The Kier molecular flexibility index (Phi) is 5.47. The minimum Gasteiger partial charge on any atom is -0.349 e. The zero-order valence-electron chi connectivity index (χ0n) is 11.0. The molecule has 1 rings (SSSR count). The number of hydrogen-bond acceptors (Lipinski definition) is 6. The van der Waals surface area contributed by atoms with E-state index >= 15 is 0 Å². The van der Waals surface area contributed by atoms with Crippen LogP contribution < -0.4 is 16.6 Å². The molecule has 0 saturated heterocycles. The van der Waals surface area contributed by atoms with Gasteiger partial charge in [-0.1, -0.05) is 0 Å². The molecule has 7 nitrogen and oxygen atoms in total. The lowest BCUT2D eigenvalue weighted by atomic mass is 10.3. The van der Waals surface area contributed by atoms with Gasteiger partial charge in [0.2, 0.25) is 0 Å². The molecule has 18 heavy (non-hydrogen) atoms. The first-order valence-electron chi connectivity index (χ1n) is 5.81. The zero-order chi connectivity index (χ0) is 13.5. The van der Waals surface area contributed by atoms with Gasteiger partial charge in [-0.25, -0.2) is 15.8 Å². The van der Waals surface area contributed by atoms with Gasteiger partial charge in [-0.2, -0.15) is 0 Å². The summed E-state index contributed by atoms with van der Waals surface area (Å²) in [6.07, 6.45) is 2.80. The lowest BCUT2D eigenvalue weighted by Crippen LogP contribution is -2.36. The van der Waals surface area contributed by atoms with Crippen molar-refractivity contribution in [1.29, 1.82) is 0 Å². The predicted molar refractivity (Wildman–Crippen MR) is 69.9 cm³/mol. The number of hydrazine groups is 1. The Bertz CT molecular complexity index is 378. The highest BCUT2D eigenvalue weighted by molar-refractivity contribution is 5.91. The lowest BCUT2D eigenvalue weighted by Gasteiger charge is -2.20. The molecule has 0 radical (unpaired) electrons. The largest absolute Gasteiger partial charge is 0.349 e. The Balaban J connectivity index is 2.40. The molecule has 7 heteroatoms. The number of hydrogen-bond donors (Lipinski definition) is 3. The van der Waals surface area contributed by atoms with Crippen molar-refractivity contribution in [2.45, 2.75) is 19.9 Å². The van der Waals surface area contributed by atoms with Crippen LogP contribution in [-0.4, -0.2) is 47.0 Å². The number of nitrogen functional groups attached to an aromatic ring is 1. The first kappa shape index (κ1) is 14.3. The summed E-state index contributed by atoms with van der Waals surface area (Å²) >= 11 is 0. The van der Waals surface area contributed by atoms with Gasteiger partial charge < -0.3 is 15.6 Å². The molecule has 0 aliphatic rings. The first-order chi connectivity index (χ1) is 8.54. The van der Waals surface area contributed by atoms with Gasteiger partial charge >= 0.3 is 0 Å². The number of nitrogens with zero attached hydrogens (tertiary/aromatic N) is 3. The molecular formula is C11H20N6O. The molecule has 0 aromatic carbocycles. The number of rotatable bonds is 6. The van der Waals surface area contributed by atoms with E-state index in [-0.39, 0.29) is 11.6 Å². The van der Waals surface area contributed by atoms with Gasteiger partial charge in [0.15, 0.2) is 5.82 Å². The molecular weight excluding hydrogens is 232 g/mol.